The third kappa shape index (κ3) is 2.92. The summed E-state index contributed by atoms with van der Waals surface area (Å²) in [7, 11) is 1.96. The molecule has 0 radical (unpaired) electrons. The van der Waals surface area contributed by atoms with Crippen molar-refractivity contribution in [2.75, 3.05) is 26.8 Å². The summed E-state index contributed by atoms with van der Waals surface area (Å²) in [6, 6.07) is 0. The Morgan fingerprint density at radius 1 is 1.40 bits per heavy atom. The van der Waals surface area contributed by atoms with E-state index in [-0.39, 0.29) is 5.60 Å². The Bertz CT molecular complexity index is 190. The fourth-order valence-corrected chi connectivity index (χ4v) is 2.82. The van der Waals surface area contributed by atoms with E-state index in [4.69, 9.17) is 9.47 Å². The van der Waals surface area contributed by atoms with Crippen molar-refractivity contribution in [1.29, 1.82) is 0 Å². The van der Waals surface area contributed by atoms with Crippen LogP contribution in [0.25, 0.3) is 0 Å². The van der Waals surface area contributed by atoms with E-state index in [1.54, 1.807) is 0 Å². The zero-order valence-electron chi connectivity index (χ0n) is 9.76. The second-order valence-electron chi connectivity index (χ2n) is 4.83. The highest BCUT2D eigenvalue weighted by Crippen LogP contribution is 2.40. The van der Waals surface area contributed by atoms with Crippen LogP contribution in [0.2, 0.25) is 0 Å². The molecule has 1 aliphatic carbocycles. The summed E-state index contributed by atoms with van der Waals surface area (Å²) in [6.07, 6.45) is 7.80. The number of likely N-dealkylation sites (N-methyl/N-ethyl adjacent to an activating group) is 1. The quantitative estimate of drug-likeness (QED) is 0.721. The number of nitrogens with one attached hydrogen (secondary N) is 1. The lowest BCUT2D eigenvalue weighted by Crippen LogP contribution is -2.41. The first kappa shape index (κ1) is 11.4. The highest BCUT2D eigenvalue weighted by atomic mass is 16.5. The molecule has 2 rings (SSSR count). The topological polar surface area (TPSA) is 30.5 Å². The van der Waals surface area contributed by atoms with Crippen LogP contribution in [0.5, 0.6) is 0 Å². The fraction of sp³-hybridized carbons (Fsp3) is 1.00. The normalized spacial score (nSPS) is 29.8. The van der Waals surface area contributed by atoms with E-state index in [1.807, 2.05) is 7.05 Å². The van der Waals surface area contributed by atoms with Crippen LogP contribution in [0.15, 0.2) is 0 Å². The van der Waals surface area contributed by atoms with Gasteiger partial charge in [0.15, 0.2) is 0 Å². The SMILES string of the molecule is CNCCOC1CCOC2(CCCC2)C1. The molecular formula is C12H23NO2. The van der Waals surface area contributed by atoms with Gasteiger partial charge in [0.2, 0.25) is 0 Å². The third-order valence-corrected chi connectivity index (χ3v) is 3.67. The number of rotatable bonds is 4. The molecule has 1 N–H and O–H groups in total. The second kappa shape index (κ2) is 5.28. The van der Waals surface area contributed by atoms with Gasteiger partial charge in [-0.3, -0.25) is 0 Å². The molecule has 1 saturated heterocycles. The lowest BCUT2D eigenvalue weighted by Gasteiger charge is -2.38. The molecule has 3 heteroatoms. The Hall–Kier alpha value is -0.120. The molecule has 1 aliphatic heterocycles. The molecule has 0 aromatic carbocycles. The van der Waals surface area contributed by atoms with Gasteiger partial charge in [0.25, 0.3) is 0 Å². The van der Waals surface area contributed by atoms with Crippen molar-refractivity contribution in [3.8, 4) is 0 Å². The fourth-order valence-electron chi connectivity index (χ4n) is 2.82. The summed E-state index contributed by atoms with van der Waals surface area (Å²) >= 11 is 0. The molecule has 1 saturated carbocycles. The Morgan fingerprint density at radius 2 is 2.20 bits per heavy atom. The van der Waals surface area contributed by atoms with E-state index >= 15 is 0 Å². The van der Waals surface area contributed by atoms with Crippen molar-refractivity contribution < 1.29 is 9.47 Å². The van der Waals surface area contributed by atoms with Crippen molar-refractivity contribution >= 4 is 0 Å². The van der Waals surface area contributed by atoms with Gasteiger partial charge < -0.3 is 14.8 Å². The van der Waals surface area contributed by atoms with Crippen LogP contribution in [0.4, 0.5) is 0 Å². The molecule has 1 heterocycles. The minimum Gasteiger partial charge on any atom is -0.377 e. The molecule has 1 unspecified atom stereocenters. The molecule has 88 valence electrons. The van der Waals surface area contributed by atoms with Crippen LogP contribution in [0.3, 0.4) is 0 Å². The Labute approximate surface area is 92.5 Å². The maximum atomic E-state index is 5.97. The van der Waals surface area contributed by atoms with E-state index in [1.165, 1.54) is 25.7 Å². The summed E-state index contributed by atoms with van der Waals surface area (Å²) < 4.78 is 11.8. The average Bonchev–Trinajstić information content (AvgIpc) is 2.67. The van der Waals surface area contributed by atoms with Crippen molar-refractivity contribution in [3.05, 3.63) is 0 Å². The smallest absolute Gasteiger partial charge is 0.0707 e. The largest absolute Gasteiger partial charge is 0.377 e. The zero-order chi connectivity index (χ0) is 10.6. The van der Waals surface area contributed by atoms with E-state index in [9.17, 15) is 0 Å². The van der Waals surface area contributed by atoms with Gasteiger partial charge in [-0.1, -0.05) is 12.8 Å². The van der Waals surface area contributed by atoms with Crippen LogP contribution in [-0.2, 0) is 9.47 Å². The van der Waals surface area contributed by atoms with Gasteiger partial charge >= 0.3 is 0 Å². The maximum absolute atomic E-state index is 5.97. The van der Waals surface area contributed by atoms with Crippen LogP contribution in [-0.4, -0.2) is 38.5 Å². The van der Waals surface area contributed by atoms with Gasteiger partial charge in [-0.25, -0.2) is 0 Å². The molecule has 15 heavy (non-hydrogen) atoms. The lowest BCUT2D eigenvalue weighted by molar-refractivity contribution is -0.129. The lowest BCUT2D eigenvalue weighted by atomic mass is 9.90. The Morgan fingerprint density at radius 3 is 2.93 bits per heavy atom. The molecule has 2 fully saturated rings. The maximum Gasteiger partial charge on any atom is 0.0707 e. The molecule has 0 bridgehead atoms. The van der Waals surface area contributed by atoms with E-state index in [2.05, 4.69) is 5.32 Å². The number of hydrogen-bond acceptors (Lipinski definition) is 3. The minimum absolute atomic E-state index is 0.197. The summed E-state index contributed by atoms with van der Waals surface area (Å²) in [5, 5.41) is 3.11. The first-order valence-corrected chi connectivity index (χ1v) is 6.25. The predicted octanol–water partition coefficient (Wildman–Crippen LogP) is 1.71. The van der Waals surface area contributed by atoms with Gasteiger partial charge in [0.1, 0.15) is 0 Å². The van der Waals surface area contributed by atoms with Gasteiger partial charge in [-0.2, -0.15) is 0 Å². The molecule has 0 aromatic rings. The number of hydrogen-bond donors (Lipinski definition) is 1. The first-order valence-electron chi connectivity index (χ1n) is 6.25. The van der Waals surface area contributed by atoms with Crippen LogP contribution in [0, 0.1) is 0 Å². The standard InChI is InChI=1S/C12H23NO2/c1-13-7-9-14-11-4-8-15-12(10-11)5-2-3-6-12/h11,13H,2-10H2,1H3. The molecule has 1 spiro atoms. The zero-order valence-corrected chi connectivity index (χ0v) is 9.76. The van der Waals surface area contributed by atoms with Gasteiger partial charge in [0, 0.05) is 19.6 Å². The van der Waals surface area contributed by atoms with E-state index < -0.39 is 0 Å². The molecule has 2 aliphatic rings. The molecule has 0 aromatic heterocycles. The summed E-state index contributed by atoms with van der Waals surface area (Å²) in [5.41, 5.74) is 0.197. The van der Waals surface area contributed by atoms with Gasteiger partial charge in [0.05, 0.1) is 18.3 Å². The number of ether oxygens (including phenoxy) is 2. The summed E-state index contributed by atoms with van der Waals surface area (Å²) in [6.45, 7) is 2.67. The monoisotopic (exact) mass is 213 g/mol. The van der Waals surface area contributed by atoms with Crippen molar-refractivity contribution in [2.45, 2.75) is 50.2 Å². The van der Waals surface area contributed by atoms with Gasteiger partial charge in [-0.05, 0) is 26.3 Å². The molecule has 1 atom stereocenters. The van der Waals surface area contributed by atoms with E-state index in [0.717, 1.165) is 32.6 Å². The first-order chi connectivity index (χ1) is 7.35. The van der Waals surface area contributed by atoms with Crippen molar-refractivity contribution in [3.63, 3.8) is 0 Å². The predicted molar refractivity (Wildman–Crippen MR) is 60.1 cm³/mol. The second-order valence-corrected chi connectivity index (χ2v) is 4.83. The van der Waals surface area contributed by atoms with Gasteiger partial charge in [-0.15, -0.1) is 0 Å². The molecule has 0 amide bonds. The van der Waals surface area contributed by atoms with Crippen molar-refractivity contribution in [1.82, 2.24) is 5.32 Å². The van der Waals surface area contributed by atoms with Crippen LogP contribution in [0.1, 0.15) is 38.5 Å². The molecule has 3 nitrogen and oxygen atoms in total. The minimum atomic E-state index is 0.197. The van der Waals surface area contributed by atoms with Crippen LogP contribution < -0.4 is 5.32 Å². The van der Waals surface area contributed by atoms with Crippen molar-refractivity contribution in [2.24, 2.45) is 0 Å². The third-order valence-electron chi connectivity index (χ3n) is 3.67. The Balaban J connectivity index is 1.76. The Kier molecular flexibility index (Phi) is 4.00. The highest BCUT2D eigenvalue weighted by Gasteiger charge is 2.40. The highest BCUT2D eigenvalue weighted by molar-refractivity contribution is 4.91. The van der Waals surface area contributed by atoms with E-state index in [0.29, 0.717) is 6.10 Å². The van der Waals surface area contributed by atoms with Crippen LogP contribution >= 0.6 is 0 Å². The average molecular weight is 213 g/mol. The molecular weight excluding hydrogens is 190 g/mol. The summed E-state index contributed by atoms with van der Waals surface area (Å²) in [5.74, 6) is 0. The summed E-state index contributed by atoms with van der Waals surface area (Å²) in [4.78, 5) is 0.